The van der Waals surface area contributed by atoms with Gasteiger partial charge in [-0.1, -0.05) is 6.42 Å². The van der Waals surface area contributed by atoms with Crippen LogP contribution in [0.3, 0.4) is 0 Å². The summed E-state index contributed by atoms with van der Waals surface area (Å²) in [4.78, 5) is 23.7. The summed E-state index contributed by atoms with van der Waals surface area (Å²) in [5.74, 6) is 0.506. The van der Waals surface area contributed by atoms with Gasteiger partial charge in [-0.15, -0.1) is 0 Å². The Labute approximate surface area is 152 Å². The third-order valence-corrected chi connectivity index (χ3v) is 6.92. The van der Waals surface area contributed by atoms with Gasteiger partial charge in [-0.3, -0.25) is 4.79 Å². The summed E-state index contributed by atoms with van der Waals surface area (Å²) in [7, 11) is 3.07. The van der Waals surface area contributed by atoms with Crippen LogP contribution >= 0.6 is 11.8 Å². The van der Waals surface area contributed by atoms with Crippen molar-refractivity contribution in [2.75, 3.05) is 20.0 Å². The number of carbonyl (C=O) groups excluding carboxylic acids is 2. The van der Waals surface area contributed by atoms with Crippen molar-refractivity contribution < 1.29 is 23.8 Å². The minimum Gasteiger partial charge on any atom is -0.469 e. The lowest BCUT2D eigenvalue weighted by Crippen LogP contribution is -2.39. The van der Waals surface area contributed by atoms with Gasteiger partial charge in [0, 0.05) is 18.1 Å². The zero-order valence-corrected chi connectivity index (χ0v) is 15.7. The maximum Gasteiger partial charge on any atom is 0.315 e. The van der Waals surface area contributed by atoms with Crippen LogP contribution in [0.25, 0.3) is 0 Å². The number of amides is 2. The number of fused-ring (bicyclic) bond motifs is 1. The number of hydrogen-bond acceptors (Lipinski definition) is 6. The van der Waals surface area contributed by atoms with Crippen LogP contribution in [0.5, 0.6) is 0 Å². The summed E-state index contributed by atoms with van der Waals surface area (Å²) in [6.07, 6.45) is 4.99. The smallest absolute Gasteiger partial charge is 0.315 e. The highest BCUT2D eigenvalue weighted by atomic mass is 32.2. The lowest BCUT2D eigenvalue weighted by atomic mass is 9.90. The van der Waals surface area contributed by atoms with Crippen molar-refractivity contribution in [1.82, 2.24) is 10.6 Å². The zero-order valence-electron chi connectivity index (χ0n) is 14.9. The van der Waals surface area contributed by atoms with Crippen molar-refractivity contribution in [3.63, 3.8) is 0 Å². The standard InChI is InChI=1S/C17H28N2O5S/c1-22-14-8-4-6-12(24-14)10(16(20)23-2)5-3-7-13-15-11(9-25-13)18-17(21)19-15/h10-15H,3-9H2,1-2H3,(H2,18,19,21)/t10?,11-,12?,13-,14?,15-/m0/s1. The Morgan fingerprint density at radius 1 is 1.36 bits per heavy atom. The fourth-order valence-corrected chi connectivity index (χ4v) is 5.62. The van der Waals surface area contributed by atoms with Gasteiger partial charge >= 0.3 is 12.0 Å². The molecule has 0 radical (unpaired) electrons. The SMILES string of the molecule is COC(=O)C(CCC[C@@H]1SC[C@@H]2NC(=O)N[C@@H]21)C1CCCC(OC)O1. The molecule has 0 aliphatic carbocycles. The molecule has 142 valence electrons. The first kappa shape index (κ1) is 18.8. The average Bonchev–Trinajstić information content (AvgIpc) is 3.17. The molecule has 0 saturated carbocycles. The van der Waals surface area contributed by atoms with Gasteiger partial charge in [0.25, 0.3) is 0 Å². The Balaban J connectivity index is 1.51. The fourth-order valence-electron chi connectivity index (χ4n) is 4.08. The molecule has 3 aliphatic heterocycles. The van der Waals surface area contributed by atoms with Crippen LogP contribution in [0.2, 0.25) is 0 Å². The topological polar surface area (TPSA) is 85.9 Å². The number of thioether (sulfide) groups is 1. The molecule has 3 unspecified atom stereocenters. The number of rotatable bonds is 7. The molecule has 0 aromatic carbocycles. The van der Waals surface area contributed by atoms with Crippen LogP contribution in [0, 0.1) is 5.92 Å². The van der Waals surface area contributed by atoms with Crippen LogP contribution in [-0.2, 0) is 19.0 Å². The van der Waals surface area contributed by atoms with Gasteiger partial charge in [-0.2, -0.15) is 11.8 Å². The predicted octanol–water partition coefficient (Wildman–Crippen LogP) is 1.65. The van der Waals surface area contributed by atoms with Crippen molar-refractivity contribution in [3.8, 4) is 0 Å². The van der Waals surface area contributed by atoms with Crippen LogP contribution in [0.15, 0.2) is 0 Å². The van der Waals surface area contributed by atoms with E-state index in [-0.39, 0.29) is 42.4 Å². The van der Waals surface area contributed by atoms with E-state index >= 15 is 0 Å². The molecular weight excluding hydrogens is 344 g/mol. The highest BCUT2D eigenvalue weighted by molar-refractivity contribution is 8.00. The molecule has 3 aliphatic rings. The minimum absolute atomic E-state index is 0.0612. The summed E-state index contributed by atoms with van der Waals surface area (Å²) in [6.45, 7) is 0. The van der Waals surface area contributed by atoms with E-state index in [2.05, 4.69) is 10.6 Å². The molecule has 7 nitrogen and oxygen atoms in total. The molecule has 6 atom stereocenters. The number of carbonyl (C=O) groups is 2. The average molecular weight is 372 g/mol. The second kappa shape index (κ2) is 8.60. The summed E-state index contributed by atoms with van der Waals surface area (Å²) < 4.78 is 16.2. The van der Waals surface area contributed by atoms with Gasteiger partial charge < -0.3 is 24.8 Å². The van der Waals surface area contributed by atoms with E-state index in [0.29, 0.717) is 5.25 Å². The maximum absolute atomic E-state index is 12.2. The molecular formula is C17H28N2O5S. The van der Waals surface area contributed by atoms with E-state index in [1.54, 1.807) is 7.11 Å². The third kappa shape index (κ3) is 4.41. The lowest BCUT2D eigenvalue weighted by molar-refractivity contribution is -0.200. The quantitative estimate of drug-likeness (QED) is 0.522. The van der Waals surface area contributed by atoms with E-state index in [4.69, 9.17) is 14.2 Å². The van der Waals surface area contributed by atoms with Gasteiger partial charge in [0.15, 0.2) is 6.29 Å². The van der Waals surface area contributed by atoms with Gasteiger partial charge in [0.1, 0.15) is 0 Å². The normalized spacial score (nSPS) is 35.6. The van der Waals surface area contributed by atoms with E-state index in [1.807, 2.05) is 11.8 Å². The highest BCUT2D eigenvalue weighted by Crippen LogP contribution is 2.35. The minimum atomic E-state index is -0.249. The number of urea groups is 1. The molecule has 8 heteroatoms. The van der Waals surface area contributed by atoms with Gasteiger partial charge in [0.2, 0.25) is 0 Å². The molecule has 3 heterocycles. The largest absolute Gasteiger partial charge is 0.469 e. The Hall–Kier alpha value is -0.990. The number of methoxy groups -OCH3 is 2. The first-order chi connectivity index (χ1) is 12.1. The van der Waals surface area contributed by atoms with Crippen LogP contribution in [-0.4, -0.2) is 61.7 Å². The molecule has 25 heavy (non-hydrogen) atoms. The van der Waals surface area contributed by atoms with Crippen LogP contribution in [0.4, 0.5) is 4.79 Å². The molecule has 3 fully saturated rings. The Morgan fingerprint density at radius 2 is 2.20 bits per heavy atom. The lowest BCUT2D eigenvalue weighted by Gasteiger charge is -2.33. The van der Waals surface area contributed by atoms with Crippen molar-refractivity contribution >= 4 is 23.8 Å². The highest BCUT2D eigenvalue weighted by Gasteiger charge is 2.43. The Morgan fingerprint density at radius 3 is 2.96 bits per heavy atom. The number of esters is 1. The Bertz CT molecular complexity index is 492. The molecule has 0 aromatic rings. The van der Waals surface area contributed by atoms with Crippen LogP contribution in [0.1, 0.15) is 38.5 Å². The first-order valence-corrected chi connectivity index (χ1v) is 10.1. The van der Waals surface area contributed by atoms with E-state index in [0.717, 1.165) is 44.3 Å². The second-order valence-electron chi connectivity index (χ2n) is 6.95. The molecule has 0 bridgehead atoms. The van der Waals surface area contributed by atoms with E-state index < -0.39 is 0 Å². The molecule has 3 saturated heterocycles. The molecule has 0 aromatic heterocycles. The van der Waals surface area contributed by atoms with Gasteiger partial charge in [0.05, 0.1) is 31.2 Å². The van der Waals surface area contributed by atoms with Gasteiger partial charge in [-0.05, 0) is 32.1 Å². The number of ether oxygens (including phenoxy) is 3. The summed E-state index contributed by atoms with van der Waals surface area (Å²) in [5, 5.41) is 6.37. The third-order valence-electron chi connectivity index (χ3n) is 5.41. The fraction of sp³-hybridized carbons (Fsp3) is 0.882. The summed E-state index contributed by atoms with van der Waals surface area (Å²) in [6, 6.07) is 0.384. The number of nitrogens with one attached hydrogen (secondary N) is 2. The molecule has 2 N–H and O–H groups in total. The van der Waals surface area contributed by atoms with Crippen LogP contribution < -0.4 is 10.6 Å². The first-order valence-electron chi connectivity index (χ1n) is 9.07. The summed E-state index contributed by atoms with van der Waals surface area (Å²) >= 11 is 1.90. The second-order valence-corrected chi connectivity index (χ2v) is 8.23. The predicted molar refractivity (Wildman–Crippen MR) is 94.4 cm³/mol. The van der Waals surface area contributed by atoms with Crippen molar-refractivity contribution in [3.05, 3.63) is 0 Å². The molecule has 2 amide bonds. The van der Waals surface area contributed by atoms with Crippen molar-refractivity contribution in [2.24, 2.45) is 5.92 Å². The van der Waals surface area contributed by atoms with E-state index in [1.165, 1.54) is 7.11 Å². The van der Waals surface area contributed by atoms with Crippen molar-refractivity contribution in [1.29, 1.82) is 0 Å². The zero-order chi connectivity index (χ0) is 17.8. The molecule has 0 spiro atoms. The van der Waals surface area contributed by atoms with Gasteiger partial charge in [-0.25, -0.2) is 4.79 Å². The Kier molecular flexibility index (Phi) is 6.46. The van der Waals surface area contributed by atoms with E-state index in [9.17, 15) is 9.59 Å². The number of hydrogen-bond donors (Lipinski definition) is 2. The molecule has 3 rings (SSSR count). The monoisotopic (exact) mass is 372 g/mol. The summed E-state index contributed by atoms with van der Waals surface area (Å²) in [5.41, 5.74) is 0. The maximum atomic E-state index is 12.2. The van der Waals surface area contributed by atoms with Crippen molar-refractivity contribution in [2.45, 2.75) is 68.3 Å².